The van der Waals surface area contributed by atoms with E-state index in [1.54, 1.807) is 0 Å². The second-order valence-corrected chi connectivity index (χ2v) is 6.05. The molecule has 1 saturated carbocycles. The average molecular weight is 310 g/mol. The van der Waals surface area contributed by atoms with Gasteiger partial charge in [0.25, 0.3) is 0 Å². The van der Waals surface area contributed by atoms with E-state index < -0.39 is 0 Å². The summed E-state index contributed by atoms with van der Waals surface area (Å²) in [5.41, 5.74) is 7.26. The van der Waals surface area contributed by atoms with E-state index in [4.69, 9.17) is 5.73 Å². The zero-order valence-corrected chi connectivity index (χ0v) is 13.0. The van der Waals surface area contributed by atoms with E-state index in [9.17, 15) is 4.79 Å². The molecule has 0 spiro atoms. The van der Waals surface area contributed by atoms with Crippen LogP contribution in [-0.4, -0.2) is 43.0 Å². The molecule has 1 aliphatic carbocycles. The molecule has 0 unspecified atom stereocenters. The van der Waals surface area contributed by atoms with Crippen LogP contribution in [0.3, 0.4) is 0 Å². The van der Waals surface area contributed by atoms with Gasteiger partial charge < -0.3 is 11.1 Å². The Bertz CT molecular complexity index is 464. The van der Waals surface area contributed by atoms with Gasteiger partial charge >= 0.3 is 0 Å². The van der Waals surface area contributed by atoms with Crippen molar-refractivity contribution in [3.8, 4) is 0 Å². The summed E-state index contributed by atoms with van der Waals surface area (Å²) in [5, 5.41) is 3.06. The smallest absolute Gasteiger partial charge is 0.234 e. The highest BCUT2D eigenvalue weighted by molar-refractivity contribution is 5.85. The maximum absolute atomic E-state index is 11.9. The molecule has 1 aliphatic heterocycles. The maximum atomic E-state index is 11.9. The predicted octanol–water partition coefficient (Wildman–Crippen LogP) is 1.36. The lowest BCUT2D eigenvalue weighted by atomic mass is 9.89. The zero-order valence-electron chi connectivity index (χ0n) is 12.2. The molecule has 21 heavy (non-hydrogen) atoms. The second-order valence-electron chi connectivity index (χ2n) is 6.05. The molecule has 0 aromatic heterocycles. The van der Waals surface area contributed by atoms with Crippen molar-refractivity contribution in [2.24, 2.45) is 11.7 Å². The summed E-state index contributed by atoms with van der Waals surface area (Å²) in [6, 6.07) is 11.0. The van der Waals surface area contributed by atoms with Crippen molar-refractivity contribution in [2.75, 3.05) is 26.2 Å². The summed E-state index contributed by atoms with van der Waals surface area (Å²) >= 11 is 0. The SMILES string of the molecule is Cl.NC[C@@H]1CN(CC(=O)NC2CC2)C[C@H]1c1ccccc1. The highest BCUT2D eigenvalue weighted by Gasteiger charge is 2.34. The Morgan fingerprint density at radius 2 is 1.95 bits per heavy atom. The Kier molecular flexibility index (Phi) is 5.62. The van der Waals surface area contributed by atoms with Crippen LogP contribution in [0.2, 0.25) is 0 Å². The molecule has 1 saturated heterocycles. The number of hydrogen-bond donors (Lipinski definition) is 2. The van der Waals surface area contributed by atoms with Gasteiger partial charge in [-0.15, -0.1) is 12.4 Å². The average Bonchev–Trinajstić information content (AvgIpc) is 3.17. The van der Waals surface area contributed by atoms with Gasteiger partial charge in [0, 0.05) is 25.0 Å². The number of nitrogens with one attached hydrogen (secondary N) is 1. The topological polar surface area (TPSA) is 58.4 Å². The second kappa shape index (κ2) is 7.25. The maximum Gasteiger partial charge on any atom is 0.234 e. The van der Waals surface area contributed by atoms with E-state index in [1.807, 2.05) is 6.07 Å². The van der Waals surface area contributed by atoms with Crippen LogP contribution in [0.1, 0.15) is 24.3 Å². The first kappa shape index (κ1) is 16.3. The number of benzene rings is 1. The van der Waals surface area contributed by atoms with E-state index >= 15 is 0 Å². The van der Waals surface area contributed by atoms with Gasteiger partial charge in [-0.05, 0) is 30.9 Å². The fourth-order valence-corrected chi connectivity index (χ4v) is 3.11. The van der Waals surface area contributed by atoms with E-state index in [1.165, 1.54) is 5.56 Å². The number of halogens is 1. The van der Waals surface area contributed by atoms with Crippen molar-refractivity contribution < 1.29 is 4.79 Å². The number of nitrogens with two attached hydrogens (primary N) is 1. The number of carbonyl (C=O) groups excluding carboxylic acids is 1. The van der Waals surface area contributed by atoms with Crippen LogP contribution in [0.25, 0.3) is 0 Å². The first-order chi connectivity index (χ1) is 9.76. The molecule has 3 rings (SSSR count). The van der Waals surface area contributed by atoms with Crippen molar-refractivity contribution in [1.29, 1.82) is 0 Å². The van der Waals surface area contributed by atoms with Crippen molar-refractivity contribution in [3.05, 3.63) is 35.9 Å². The fraction of sp³-hybridized carbons (Fsp3) is 0.562. The quantitative estimate of drug-likeness (QED) is 0.863. The van der Waals surface area contributed by atoms with E-state index in [-0.39, 0.29) is 18.3 Å². The standard InChI is InChI=1S/C16H23N3O.ClH/c17-8-13-9-19(11-16(20)18-14-6-7-14)10-15(13)12-4-2-1-3-5-12;/h1-5,13-15H,6-11,17H2,(H,18,20);1H/t13-,15+;/m1./s1. The fourth-order valence-electron chi connectivity index (χ4n) is 3.11. The van der Waals surface area contributed by atoms with Crippen LogP contribution in [-0.2, 0) is 4.79 Å². The van der Waals surface area contributed by atoms with Crippen LogP contribution in [0.15, 0.2) is 30.3 Å². The van der Waals surface area contributed by atoms with Crippen LogP contribution in [0, 0.1) is 5.92 Å². The monoisotopic (exact) mass is 309 g/mol. The summed E-state index contributed by atoms with van der Waals surface area (Å²) in [4.78, 5) is 14.1. The number of amides is 1. The van der Waals surface area contributed by atoms with Crippen LogP contribution < -0.4 is 11.1 Å². The van der Waals surface area contributed by atoms with Crippen LogP contribution in [0.4, 0.5) is 0 Å². The van der Waals surface area contributed by atoms with E-state index in [2.05, 4.69) is 34.5 Å². The Labute approximate surface area is 132 Å². The first-order valence-electron chi connectivity index (χ1n) is 7.53. The lowest BCUT2D eigenvalue weighted by Gasteiger charge is -2.16. The first-order valence-corrected chi connectivity index (χ1v) is 7.53. The molecule has 1 aromatic carbocycles. The van der Waals surface area contributed by atoms with Gasteiger partial charge in [0.05, 0.1) is 6.54 Å². The van der Waals surface area contributed by atoms with Crippen molar-refractivity contribution in [1.82, 2.24) is 10.2 Å². The Morgan fingerprint density at radius 3 is 2.57 bits per heavy atom. The number of carbonyl (C=O) groups is 1. The number of hydrogen-bond acceptors (Lipinski definition) is 3. The van der Waals surface area contributed by atoms with Gasteiger partial charge in [0.1, 0.15) is 0 Å². The van der Waals surface area contributed by atoms with Crippen molar-refractivity contribution >= 4 is 18.3 Å². The number of rotatable bonds is 5. The number of likely N-dealkylation sites (tertiary alicyclic amines) is 1. The van der Waals surface area contributed by atoms with Gasteiger partial charge in [0.2, 0.25) is 5.91 Å². The third kappa shape index (κ3) is 4.19. The molecule has 116 valence electrons. The minimum Gasteiger partial charge on any atom is -0.352 e. The van der Waals surface area contributed by atoms with E-state index in [0.717, 1.165) is 25.9 Å². The van der Waals surface area contributed by atoms with Gasteiger partial charge in [-0.3, -0.25) is 9.69 Å². The normalized spacial score (nSPS) is 25.4. The Balaban J connectivity index is 0.00000161. The van der Waals surface area contributed by atoms with E-state index in [0.29, 0.717) is 31.0 Å². The van der Waals surface area contributed by atoms with Gasteiger partial charge in [-0.2, -0.15) is 0 Å². The summed E-state index contributed by atoms with van der Waals surface area (Å²) in [6.07, 6.45) is 2.29. The molecular formula is C16H24ClN3O. The third-order valence-electron chi connectivity index (χ3n) is 4.36. The van der Waals surface area contributed by atoms with Crippen LogP contribution in [0.5, 0.6) is 0 Å². The highest BCUT2D eigenvalue weighted by Crippen LogP contribution is 2.31. The van der Waals surface area contributed by atoms with Crippen molar-refractivity contribution in [2.45, 2.75) is 24.8 Å². The largest absolute Gasteiger partial charge is 0.352 e. The Morgan fingerprint density at radius 1 is 1.24 bits per heavy atom. The molecule has 0 radical (unpaired) electrons. The lowest BCUT2D eigenvalue weighted by Crippen LogP contribution is -2.37. The molecule has 4 nitrogen and oxygen atoms in total. The van der Waals surface area contributed by atoms with Crippen LogP contribution >= 0.6 is 12.4 Å². The molecule has 3 N–H and O–H groups in total. The van der Waals surface area contributed by atoms with Gasteiger partial charge in [0.15, 0.2) is 0 Å². The number of nitrogens with zero attached hydrogens (tertiary/aromatic N) is 1. The molecular weight excluding hydrogens is 286 g/mol. The van der Waals surface area contributed by atoms with Gasteiger partial charge in [-0.1, -0.05) is 30.3 Å². The Hall–Kier alpha value is -1.10. The summed E-state index contributed by atoms with van der Waals surface area (Å²) in [5.74, 6) is 1.07. The molecule has 0 bridgehead atoms. The molecule has 1 heterocycles. The minimum atomic E-state index is 0. The zero-order chi connectivity index (χ0) is 13.9. The molecule has 1 amide bonds. The summed E-state index contributed by atoms with van der Waals surface area (Å²) < 4.78 is 0. The third-order valence-corrected chi connectivity index (χ3v) is 4.36. The van der Waals surface area contributed by atoms with Gasteiger partial charge in [-0.25, -0.2) is 0 Å². The summed E-state index contributed by atoms with van der Waals surface area (Å²) in [7, 11) is 0. The summed E-state index contributed by atoms with van der Waals surface area (Å²) in [6.45, 7) is 3.05. The lowest BCUT2D eigenvalue weighted by molar-refractivity contribution is -0.122. The highest BCUT2D eigenvalue weighted by atomic mass is 35.5. The predicted molar refractivity (Wildman–Crippen MR) is 86.6 cm³/mol. The molecule has 1 aromatic rings. The molecule has 2 atom stereocenters. The molecule has 5 heteroatoms. The minimum absolute atomic E-state index is 0. The molecule has 2 fully saturated rings. The van der Waals surface area contributed by atoms with Crippen molar-refractivity contribution in [3.63, 3.8) is 0 Å². The molecule has 2 aliphatic rings.